The van der Waals surface area contributed by atoms with Crippen LogP contribution in [0.4, 0.5) is 0 Å². The van der Waals surface area contributed by atoms with Crippen molar-refractivity contribution in [2.24, 2.45) is 11.8 Å². The number of amides is 2. The third-order valence-electron chi connectivity index (χ3n) is 17.7. The lowest BCUT2D eigenvalue weighted by Gasteiger charge is -2.47. The third kappa shape index (κ3) is 23.0. The summed E-state index contributed by atoms with van der Waals surface area (Å²) in [6.45, 7) is 19.3. The number of carboxylic acid groups (broad SMARTS) is 1. The molecule has 12 unspecified atom stereocenters. The Balaban J connectivity index is 0.000000258. The molecule has 20 atom stereocenters. The number of nitrogens with one attached hydrogen (secondary N) is 2. The Labute approximate surface area is 578 Å². The van der Waals surface area contributed by atoms with E-state index in [0.717, 1.165) is 23.4 Å². The first kappa shape index (κ1) is 83.2. The zero-order valence-electron chi connectivity index (χ0n) is 57.4. The number of hydrogen-bond donors (Lipinski definition) is 10. The second-order valence-electron chi connectivity index (χ2n) is 25.1. The zero-order valence-corrected chi connectivity index (χ0v) is 59.0. The van der Waals surface area contributed by atoms with Crippen molar-refractivity contribution < 1.29 is 121 Å². The highest BCUT2D eigenvalue weighted by molar-refractivity contribution is 9.08. The van der Waals surface area contributed by atoms with Crippen molar-refractivity contribution in [1.82, 2.24) is 10.6 Å². The number of carboxylic acids is 1. The summed E-state index contributed by atoms with van der Waals surface area (Å²) in [6.07, 6.45) is -12.4. The van der Waals surface area contributed by atoms with Gasteiger partial charge in [-0.1, -0.05) is 107 Å². The molecular formula is C68H102BrN3O26. The Morgan fingerprint density at radius 1 is 0.541 bits per heavy atom. The number of benzene rings is 2. The lowest BCUT2D eigenvalue weighted by Crippen LogP contribution is -2.67. The van der Waals surface area contributed by atoms with Gasteiger partial charge in [-0.15, -0.1) is 0 Å². The fourth-order valence-electron chi connectivity index (χ4n) is 12.0. The number of carbonyl (C=O) groups is 4. The van der Waals surface area contributed by atoms with Crippen LogP contribution in [0, 0.1) is 11.8 Å². The highest BCUT2D eigenvalue weighted by Crippen LogP contribution is 2.34. The Morgan fingerprint density at radius 2 is 0.918 bits per heavy atom. The predicted molar refractivity (Wildman–Crippen MR) is 354 cm³/mol. The lowest BCUT2D eigenvalue weighted by molar-refractivity contribution is -0.929. The van der Waals surface area contributed by atoms with E-state index in [1.165, 1.54) is 121 Å². The van der Waals surface area contributed by atoms with Crippen molar-refractivity contribution in [2.75, 3.05) is 53.6 Å². The standard InChI is InChI=1S/C26H33NO13.C16H27NO11.C16H36N.C10H7BrO2/c1-11-18(27-12(2)29)25(38-16(9-28)19(11)31)39-22-20(32)21(33)26(35-3)40-23(22)24(34)36-10-13-4-5-14-6-7-17(30)37-15(14)8-13;1-5-8(17-6(2)19)15(26-7(4-18)9(5)20)27-12-10(21)11(22)16(25-3)28-13(12)14(23)24;1-5-9-13-17(14-10-6-2,15-11-7-3)16-12-8-4;11-6-7-1-2-8-3-4-10(12)13-9(8)5-7/h4-8,11,16,18-23,25-26,28,31-33H,9-10H2,1-3H3,(H,27,29);5,7-13,15-16,18,20-22H,4H2,1-3H3,(H,17,19)(H,23,24);5-16H2,1-4H3;1-5H,6H2/q;;+1;/p-1/t11-,16?,18+,19?,20?,21?,22+,23-,25?,26?;5-,7?,8+,9?,10?,11?,12+,13-,15?,16?;;/m11../s1. The van der Waals surface area contributed by atoms with Crippen LogP contribution >= 0.6 is 15.9 Å². The molecule has 98 heavy (non-hydrogen) atoms. The van der Waals surface area contributed by atoms with E-state index in [1.54, 1.807) is 38.1 Å². The number of aliphatic carboxylic acids is 1. The molecule has 0 bridgehead atoms. The topological polar surface area (TPSA) is 421 Å². The van der Waals surface area contributed by atoms with Crippen molar-refractivity contribution in [2.45, 2.75) is 229 Å². The average Bonchev–Trinajstić information content (AvgIpc) is 0.781. The van der Waals surface area contributed by atoms with Gasteiger partial charge >= 0.3 is 17.2 Å². The van der Waals surface area contributed by atoms with Gasteiger partial charge in [0, 0.05) is 68.1 Å². The van der Waals surface area contributed by atoms with Gasteiger partial charge in [0.1, 0.15) is 72.7 Å². The molecule has 0 spiro atoms. The largest absolute Gasteiger partial charge is 0.547 e. The first-order valence-corrected chi connectivity index (χ1v) is 34.5. The van der Waals surface area contributed by atoms with Gasteiger partial charge in [-0.3, -0.25) is 9.59 Å². The molecule has 0 aliphatic carbocycles. The number of carbonyl (C=O) groups excluding carboxylic acids is 4. The Kier molecular flexibility index (Phi) is 34.7. The van der Waals surface area contributed by atoms with Crippen molar-refractivity contribution in [3.8, 4) is 0 Å². The number of hydrogen-bond acceptors (Lipinski definition) is 26. The number of aliphatic hydroxyl groups excluding tert-OH is 8. The molecule has 10 N–H and O–H groups in total. The van der Waals surface area contributed by atoms with E-state index >= 15 is 0 Å². The summed E-state index contributed by atoms with van der Waals surface area (Å²) >= 11 is 3.34. The van der Waals surface area contributed by atoms with Gasteiger partial charge in [-0.05, 0) is 61.1 Å². The minimum Gasteiger partial charge on any atom is -0.547 e. The highest BCUT2D eigenvalue weighted by atomic mass is 79.9. The van der Waals surface area contributed by atoms with Crippen LogP contribution in [0.1, 0.15) is 118 Å². The molecule has 30 heteroatoms. The van der Waals surface area contributed by atoms with E-state index in [4.69, 9.17) is 51.5 Å². The normalized spacial score (nSPS) is 30.1. The maximum Gasteiger partial charge on any atom is 0.338 e. The molecule has 4 aliphatic heterocycles. The second kappa shape index (κ2) is 40.8. The fraction of sp³-hybridized carbons (Fsp3) is 0.676. The zero-order chi connectivity index (χ0) is 72.6. The molecule has 2 amide bonds. The van der Waals surface area contributed by atoms with Gasteiger partial charge in [0.2, 0.25) is 11.8 Å². The Hall–Kier alpha value is -5.46. The molecule has 0 saturated carbocycles. The van der Waals surface area contributed by atoms with Crippen molar-refractivity contribution >= 4 is 61.6 Å². The van der Waals surface area contributed by atoms with Gasteiger partial charge in [0.05, 0.1) is 69.7 Å². The molecule has 2 aromatic heterocycles. The van der Waals surface area contributed by atoms with Crippen molar-refractivity contribution in [3.05, 3.63) is 92.6 Å². The van der Waals surface area contributed by atoms with E-state index in [1.807, 2.05) is 18.2 Å². The van der Waals surface area contributed by atoms with Crippen molar-refractivity contribution in [1.29, 1.82) is 0 Å². The quantitative estimate of drug-likeness (QED) is 0.0176. The summed E-state index contributed by atoms with van der Waals surface area (Å²) in [7, 11) is 2.36. The summed E-state index contributed by atoms with van der Waals surface area (Å²) in [5.41, 5.74) is 1.68. The summed E-state index contributed by atoms with van der Waals surface area (Å²) in [5.74, 6) is -4.97. The van der Waals surface area contributed by atoms with E-state index in [9.17, 15) is 74.7 Å². The Bertz CT molecular complexity index is 3180. The SMILES string of the molecule is CCCC[N+](CCCC)(CCCC)CCCC.COC1O[C@@H](C(=O)OCc2ccc3ccc(=O)oc3c2)[C@@H](OC2OC(CO)C(O)[C@H](C)[C@@H]2NC(C)=O)C(O)C1O.COC1O[C@@H](C(=O)[O-])[C@@H](OC2OC(CO)C(O)[C@H](C)[C@@H]2NC(C)=O)C(O)C1O.O=c1ccc2ccc(CBr)cc2o1. The molecular weight excluding hydrogens is 1350 g/mol. The first-order valence-electron chi connectivity index (χ1n) is 33.4. The minimum atomic E-state index is -1.82. The number of ether oxygens (including phenoxy) is 9. The predicted octanol–water partition coefficient (Wildman–Crippen LogP) is 1.66. The van der Waals surface area contributed by atoms with Crippen LogP contribution in [0.3, 0.4) is 0 Å². The fourth-order valence-corrected chi connectivity index (χ4v) is 12.3. The molecule has 0 radical (unpaired) electrons. The number of esters is 1. The molecule has 552 valence electrons. The number of fused-ring (bicyclic) bond motifs is 2. The van der Waals surface area contributed by atoms with Crippen molar-refractivity contribution in [3.63, 3.8) is 0 Å². The molecule has 29 nitrogen and oxygen atoms in total. The van der Waals surface area contributed by atoms with Crippen LogP contribution in [-0.4, -0.2) is 233 Å². The van der Waals surface area contributed by atoms with Gasteiger partial charge in [0.15, 0.2) is 31.3 Å². The third-order valence-corrected chi connectivity index (χ3v) is 18.4. The number of methoxy groups -OCH3 is 2. The number of aliphatic hydroxyl groups is 8. The van der Waals surface area contributed by atoms with Gasteiger partial charge in [-0.25, -0.2) is 14.4 Å². The summed E-state index contributed by atoms with van der Waals surface area (Å²) < 4.78 is 60.2. The summed E-state index contributed by atoms with van der Waals surface area (Å²) in [6, 6.07) is 14.9. The number of halogens is 1. The maximum absolute atomic E-state index is 13.2. The molecule has 6 heterocycles. The number of nitrogens with zero attached hydrogens (tertiary/aromatic N) is 1. The number of unbranched alkanes of at least 4 members (excludes halogenated alkanes) is 4. The number of quaternary nitrogens is 1. The van der Waals surface area contributed by atoms with Crippen LogP contribution in [0.25, 0.3) is 21.9 Å². The van der Waals surface area contributed by atoms with E-state index in [0.29, 0.717) is 22.1 Å². The van der Waals surface area contributed by atoms with E-state index in [2.05, 4.69) is 54.3 Å². The molecule has 4 aromatic rings. The monoisotopic (exact) mass is 1460 g/mol. The van der Waals surface area contributed by atoms with Gasteiger partial charge in [0.25, 0.3) is 0 Å². The van der Waals surface area contributed by atoms with E-state index in [-0.39, 0.29) is 12.2 Å². The second-order valence-corrected chi connectivity index (χ2v) is 25.6. The molecule has 2 aromatic carbocycles. The van der Waals surface area contributed by atoms with Crippen LogP contribution in [0.15, 0.2) is 79.1 Å². The number of alkyl halides is 1. The smallest absolute Gasteiger partial charge is 0.338 e. The molecule has 4 fully saturated rings. The van der Waals surface area contributed by atoms with Crippen LogP contribution in [0.2, 0.25) is 0 Å². The lowest BCUT2D eigenvalue weighted by atomic mass is 9.88. The van der Waals surface area contributed by atoms with E-state index < -0.39 is 165 Å². The minimum absolute atomic E-state index is 0.263. The molecule has 8 rings (SSSR count). The Morgan fingerprint density at radius 3 is 1.29 bits per heavy atom. The van der Waals surface area contributed by atoms with Crippen LogP contribution in [-0.2, 0) is 73.7 Å². The molecule has 4 aliphatic rings. The first-order chi connectivity index (χ1) is 46.7. The summed E-state index contributed by atoms with van der Waals surface area (Å²) in [4.78, 5) is 70.5. The number of rotatable bonds is 27. The maximum atomic E-state index is 13.2. The average molecular weight is 1460 g/mol. The van der Waals surface area contributed by atoms with Crippen LogP contribution < -0.4 is 27.0 Å². The summed E-state index contributed by atoms with van der Waals surface area (Å²) in [5, 5.41) is 101. The van der Waals surface area contributed by atoms with Crippen LogP contribution in [0.5, 0.6) is 0 Å². The van der Waals surface area contributed by atoms with Gasteiger partial charge < -0.3 is 117 Å². The van der Waals surface area contributed by atoms with Gasteiger partial charge in [-0.2, -0.15) is 0 Å². The highest BCUT2D eigenvalue weighted by Gasteiger charge is 2.54. The molecule has 4 saturated heterocycles.